The molecule has 1 aromatic rings. The molecule has 0 bridgehead atoms. The molecule has 0 aromatic heterocycles. The zero-order chi connectivity index (χ0) is 15.1. The molecule has 1 aliphatic heterocycles. The van der Waals surface area contributed by atoms with Crippen LogP contribution in [0.5, 0.6) is 0 Å². The average molecular weight is 307 g/mol. The molecule has 0 aliphatic carbocycles. The molecular weight excluding hydrogens is 276 g/mol. The largest absolute Gasteiger partial charge is 0.310 e. The molecule has 2 nitrogen and oxygen atoms in total. The Kier molecular flexibility index (Phi) is 7.08. The normalized spacial score (nSPS) is 21.4. The number of nitrogens with one attached hydrogen (secondary N) is 1. The molecule has 1 heterocycles. The summed E-state index contributed by atoms with van der Waals surface area (Å²) in [6, 6.07) is 10.1. The molecule has 1 saturated heterocycles. The van der Waals surface area contributed by atoms with E-state index in [1.807, 2.05) is 0 Å². The summed E-state index contributed by atoms with van der Waals surface area (Å²) in [5.74, 6) is 2.58. The van der Waals surface area contributed by atoms with Crippen LogP contribution in [0.25, 0.3) is 0 Å². The SMILES string of the molecule is CCCNC(CCN1CCSCC1C)c1ccccc1C. The maximum Gasteiger partial charge on any atom is 0.0335 e. The zero-order valence-electron chi connectivity index (χ0n) is 13.8. The molecule has 1 aliphatic rings. The van der Waals surface area contributed by atoms with Crippen LogP contribution < -0.4 is 5.32 Å². The van der Waals surface area contributed by atoms with Gasteiger partial charge in [-0.3, -0.25) is 4.90 Å². The highest BCUT2D eigenvalue weighted by Gasteiger charge is 2.20. The van der Waals surface area contributed by atoms with E-state index in [-0.39, 0.29) is 0 Å². The van der Waals surface area contributed by atoms with Gasteiger partial charge in [0.05, 0.1) is 0 Å². The van der Waals surface area contributed by atoms with Crippen LogP contribution in [0.3, 0.4) is 0 Å². The summed E-state index contributed by atoms with van der Waals surface area (Å²) in [5, 5.41) is 3.75. The van der Waals surface area contributed by atoms with Gasteiger partial charge < -0.3 is 5.32 Å². The van der Waals surface area contributed by atoms with Gasteiger partial charge >= 0.3 is 0 Å². The van der Waals surface area contributed by atoms with Crippen molar-refractivity contribution in [2.75, 3.05) is 31.1 Å². The van der Waals surface area contributed by atoms with Gasteiger partial charge in [0.25, 0.3) is 0 Å². The van der Waals surface area contributed by atoms with Crippen LogP contribution in [0.2, 0.25) is 0 Å². The van der Waals surface area contributed by atoms with Gasteiger partial charge in [0.2, 0.25) is 0 Å². The van der Waals surface area contributed by atoms with Crippen molar-refractivity contribution in [1.82, 2.24) is 10.2 Å². The fourth-order valence-corrected chi connectivity index (χ4v) is 4.13. The standard InChI is InChI=1S/C18H30N2S/c1-4-10-19-18(17-8-6-5-7-15(17)2)9-11-20-12-13-21-14-16(20)3/h5-8,16,18-19H,4,9-14H2,1-3H3. The van der Waals surface area contributed by atoms with Gasteiger partial charge in [-0.1, -0.05) is 31.2 Å². The van der Waals surface area contributed by atoms with Crippen LogP contribution in [-0.2, 0) is 0 Å². The Balaban J connectivity index is 1.97. The van der Waals surface area contributed by atoms with E-state index in [2.05, 4.69) is 67.0 Å². The van der Waals surface area contributed by atoms with Crippen molar-refractivity contribution < 1.29 is 0 Å². The maximum absolute atomic E-state index is 3.75. The Hall–Kier alpha value is -0.510. The molecule has 118 valence electrons. The predicted octanol–water partition coefficient (Wildman–Crippen LogP) is 3.86. The number of benzene rings is 1. The van der Waals surface area contributed by atoms with Crippen molar-refractivity contribution in [1.29, 1.82) is 0 Å². The van der Waals surface area contributed by atoms with Gasteiger partial charge in [0, 0.05) is 36.7 Å². The molecule has 0 radical (unpaired) electrons. The first-order valence-corrected chi connectivity index (χ1v) is 9.48. The van der Waals surface area contributed by atoms with E-state index < -0.39 is 0 Å². The molecule has 0 amide bonds. The quantitative estimate of drug-likeness (QED) is 0.823. The van der Waals surface area contributed by atoms with Crippen molar-refractivity contribution in [3.8, 4) is 0 Å². The minimum Gasteiger partial charge on any atom is -0.310 e. The molecule has 2 unspecified atom stereocenters. The molecule has 3 heteroatoms. The molecular formula is C18H30N2S. The van der Waals surface area contributed by atoms with E-state index in [4.69, 9.17) is 0 Å². The van der Waals surface area contributed by atoms with Gasteiger partial charge in [-0.15, -0.1) is 0 Å². The predicted molar refractivity (Wildman–Crippen MR) is 95.2 cm³/mol. The summed E-state index contributed by atoms with van der Waals surface area (Å²) in [7, 11) is 0. The lowest BCUT2D eigenvalue weighted by Gasteiger charge is -2.34. The van der Waals surface area contributed by atoms with Gasteiger partial charge in [-0.25, -0.2) is 0 Å². The monoisotopic (exact) mass is 306 g/mol. The minimum absolute atomic E-state index is 0.493. The third-order valence-corrected chi connectivity index (χ3v) is 5.60. The van der Waals surface area contributed by atoms with E-state index in [1.165, 1.54) is 48.6 Å². The smallest absolute Gasteiger partial charge is 0.0335 e. The minimum atomic E-state index is 0.493. The van der Waals surface area contributed by atoms with Gasteiger partial charge in [0.1, 0.15) is 0 Å². The van der Waals surface area contributed by atoms with E-state index in [9.17, 15) is 0 Å². The summed E-state index contributed by atoms with van der Waals surface area (Å²) in [5.41, 5.74) is 2.89. The lowest BCUT2D eigenvalue weighted by molar-refractivity contribution is 0.219. The highest BCUT2D eigenvalue weighted by atomic mass is 32.2. The van der Waals surface area contributed by atoms with Crippen molar-refractivity contribution in [2.45, 2.75) is 45.7 Å². The van der Waals surface area contributed by atoms with Crippen LogP contribution in [0.15, 0.2) is 24.3 Å². The Bertz CT molecular complexity index is 421. The second-order valence-corrected chi connectivity index (χ2v) is 7.26. The van der Waals surface area contributed by atoms with Crippen molar-refractivity contribution in [3.63, 3.8) is 0 Å². The van der Waals surface area contributed by atoms with Crippen LogP contribution >= 0.6 is 11.8 Å². The molecule has 1 N–H and O–H groups in total. The Morgan fingerprint density at radius 1 is 1.38 bits per heavy atom. The Labute approximate surface area is 134 Å². The van der Waals surface area contributed by atoms with E-state index in [0.29, 0.717) is 6.04 Å². The third kappa shape index (κ3) is 5.01. The second-order valence-electron chi connectivity index (χ2n) is 6.11. The molecule has 0 spiro atoms. The lowest BCUT2D eigenvalue weighted by Crippen LogP contribution is -2.42. The maximum atomic E-state index is 3.75. The Morgan fingerprint density at radius 3 is 2.90 bits per heavy atom. The molecule has 2 atom stereocenters. The number of rotatable bonds is 7. The van der Waals surface area contributed by atoms with Gasteiger partial charge in [0.15, 0.2) is 0 Å². The second kappa shape index (κ2) is 8.82. The summed E-state index contributed by atoms with van der Waals surface area (Å²) < 4.78 is 0. The molecule has 2 rings (SSSR count). The number of thioether (sulfide) groups is 1. The summed E-state index contributed by atoms with van der Waals surface area (Å²) in [6.45, 7) is 10.4. The molecule has 0 saturated carbocycles. The van der Waals surface area contributed by atoms with Crippen LogP contribution in [-0.4, -0.2) is 42.1 Å². The van der Waals surface area contributed by atoms with E-state index in [1.54, 1.807) is 0 Å². The summed E-state index contributed by atoms with van der Waals surface area (Å²) in [6.07, 6.45) is 2.40. The van der Waals surface area contributed by atoms with E-state index in [0.717, 1.165) is 12.6 Å². The summed E-state index contributed by atoms with van der Waals surface area (Å²) in [4.78, 5) is 2.66. The summed E-state index contributed by atoms with van der Waals surface area (Å²) >= 11 is 2.10. The highest BCUT2D eigenvalue weighted by molar-refractivity contribution is 7.99. The third-order valence-electron chi connectivity index (χ3n) is 4.41. The van der Waals surface area contributed by atoms with Crippen molar-refractivity contribution in [2.24, 2.45) is 0 Å². The first-order chi connectivity index (χ1) is 10.2. The lowest BCUT2D eigenvalue weighted by atomic mass is 9.98. The molecule has 21 heavy (non-hydrogen) atoms. The number of hydrogen-bond acceptors (Lipinski definition) is 3. The number of nitrogens with zero attached hydrogens (tertiary/aromatic N) is 1. The first kappa shape index (κ1) is 16.9. The highest BCUT2D eigenvalue weighted by Crippen LogP contribution is 2.23. The fourth-order valence-electron chi connectivity index (χ4n) is 3.05. The van der Waals surface area contributed by atoms with Crippen LogP contribution in [0, 0.1) is 6.92 Å². The number of hydrogen-bond donors (Lipinski definition) is 1. The van der Waals surface area contributed by atoms with Crippen LogP contribution in [0.1, 0.15) is 43.9 Å². The van der Waals surface area contributed by atoms with Gasteiger partial charge in [-0.05, 0) is 44.4 Å². The van der Waals surface area contributed by atoms with Crippen molar-refractivity contribution in [3.05, 3.63) is 35.4 Å². The molecule has 1 fully saturated rings. The fraction of sp³-hybridized carbons (Fsp3) is 0.667. The zero-order valence-corrected chi connectivity index (χ0v) is 14.6. The van der Waals surface area contributed by atoms with Gasteiger partial charge in [-0.2, -0.15) is 11.8 Å². The number of aryl methyl sites for hydroxylation is 1. The average Bonchev–Trinajstić information content (AvgIpc) is 2.50. The van der Waals surface area contributed by atoms with Crippen LogP contribution in [0.4, 0.5) is 0 Å². The van der Waals surface area contributed by atoms with Crippen molar-refractivity contribution >= 4 is 11.8 Å². The Morgan fingerprint density at radius 2 is 2.19 bits per heavy atom. The molecule has 1 aromatic carbocycles. The van der Waals surface area contributed by atoms with E-state index >= 15 is 0 Å². The topological polar surface area (TPSA) is 15.3 Å². The first-order valence-electron chi connectivity index (χ1n) is 8.33.